The van der Waals surface area contributed by atoms with Crippen LogP contribution in [-0.2, 0) is 14.3 Å². The van der Waals surface area contributed by atoms with Gasteiger partial charge in [0.25, 0.3) is 5.91 Å². The number of esters is 1. The van der Waals surface area contributed by atoms with Crippen LogP contribution in [0.5, 0.6) is 17.2 Å². The predicted octanol–water partition coefficient (Wildman–Crippen LogP) is 4.52. The Balaban J connectivity index is 1.88. The van der Waals surface area contributed by atoms with Crippen molar-refractivity contribution in [2.24, 2.45) is 10.9 Å². The number of nitrogens with zero attached hydrogens (tertiary/aromatic N) is 2. The summed E-state index contributed by atoms with van der Waals surface area (Å²) in [7, 11) is 4.42. The van der Waals surface area contributed by atoms with Crippen molar-refractivity contribution in [1.29, 1.82) is 0 Å². The van der Waals surface area contributed by atoms with Gasteiger partial charge in [-0.25, -0.2) is 9.79 Å². The van der Waals surface area contributed by atoms with Crippen LogP contribution >= 0.6 is 11.8 Å². The average Bonchev–Trinajstić information content (AvgIpc) is 3.11. The highest BCUT2D eigenvalue weighted by atomic mass is 32.2. The number of benzene rings is 2. The van der Waals surface area contributed by atoms with Gasteiger partial charge in [0.1, 0.15) is 5.75 Å². The summed E-state index contributed by atoms with van der Waals surface area (Å²) in [6.45, 7) is 4.45. The van der Waals surface area contributed by atoms with Crippen molar-refractivity contribution in [2.75, 3.05) is 34.5 Å². The summed E-state index contributed by atoms with van der Waals surface area (Å²) in [6.07, 6.45) is 1.80. The number of amidine groups is 1. The standard InChI is InChI=1S/C25H28N2O6S/c1-16(2)14-27-24(29)22(34-25(27)26-18-7-9-19(30-3)10-8-18)13-17-6-11-20(21(12-17)31-4)33-15-23(28)32-5/h6-13,16H,14-15H2,1-5H3/b22-13-,26-25?. The molecule has 180 valence electrons. The maximum Gasteiger partial charge on any atom is 0.343 e. The third kappa shape index (κ3) is 6.32. The van der Waals surface area contributed by atoms with Gasteiger partial charge in [0.05, 0.1) is 31.9 Å². The van der Waals surface area contributed by atoms with Crippen molar-refractivity contribution >= 4 is 40.6 Å². The maximum atomic E-state index is 13.2. The first kappa shape index (κ1) is 25.2. The number of thioether (sulfide) groups is 1. The van der Waals surface area contributed by atoms with Gasteiger partial charge in [-0.3, -0.25) is 9.69 Å². The van der Waals surface area contributed by atoms with Gasteiger partial charge in [-0.1, -0.05) is 19.9 Å². The number of hydrogen-bond donors (Lipinski definition) is 0. The van der Waals surface area contributed by atoms with E-state index in [-0.39, 0.29) is 18.4 Å². The third-order valence-corrected chi connectivity index (χ3v) is 5.80. The van der Waals surface area contributed by atoms with E-state index < -0.39 is 5.97 Å². The van der Waals surface area contributed by atoms with Crippen molar-refractivity contribution < 1.29 is 28.5 Å². The minimum Gasteiger partial charge on any atom is -0.497 e. The molecule has 0 N–H and O–H groups in total. The van der Waals surface area contributed by atoms with Crippen LogP contribution in [0.1, 0.15) is 19.4 Å². The van der Waals surface area contributed by atoms with E-state index in [1.807, 2.05) is 24.3 Å². The number of ether oxygens (including phenoxy) is 4. The van der Waals surface area contributed by atoms with E-state index in [2.05, 4.69) is 18.6 Å². The smallest absolute Gasteiger partial charge is 0.343 e. The molecule has 0 atom stereocenters. The molecule has 2 aromatic rings. The van der Waals surface area contributed by atoms with Gasteiger partial charge in [-0.15, -0.1) is 0 Å². The number of rotatable bonds is 9. The Hall–Kier alpha value is -3.46. The summed E-state index contributed by atoms with van der Waals surface area (Å²) < 4.78 is 20.7. The van der Waals surface area contributed by atoms with Crippen LogP contribution in [0.4, 0.5) is 5.69 Å². The zero-order valence-corrected chi connectivity index (χ0v) is 20.7. The van der Waals surface area contributed by atoms with Crippen LogP contribution in [0.15, 0.2) is 52.4 Å². The lowest BCUT2D eigenvalue weighted by Gasteiger charge is -2.17. The minimum atomic E-state index is -0.491. The summed E-state index contributed by atoms with van der Waals surface area (Å²) in [4.78, 5) is 31.5. The summed E-state index contributed by atoms with van der Waals surface area (Å²) in [5.74, 6) is 1.28. The summed E-state index contributed by atoms with van der Waals surface area (Å²) in [6, 6.07) is 12.6. The highest BCUT2D eigenvalue weighted by molar-refractivity contribution is 8.18. The van der Waals surface area contributed by atoms with Crippen molar-refractivity contribution in [2.45, 2.75) is 13.8 Å². The first-order valence-electron chi connectivity index (χ1n) is 10.7. The minimum absolute atomic E-state index is 0.101. The Morgan fingerprint density at radius 3 is 2.41 bits per heavy atom. The molecule has 1 heterocycles. The molecule has 9 heteroatoms. The topological polar surface area (TPSA) is 86.7 Å². The molecule has 1 amide bonds. The third-order valence-electron chi connectivity index (χ3n) is 4.79. The predicted molar refractivity (Wildman–Crippen MR) is 133 cm³/mol. The van der Waals surface area contributed by atoms with Crippen LogP contribution in [0.3, 0.4) is 0 Å². The average molecular weight is 485 g/mol. The highest BCUT2D eigenvalue weighted by Gasteiger charge is 2.33. The Labute approximate surface area is 203 Å². The number of amides is 1. The molecule has 1 saturated heterocycles. The number of methoxy groups -OCH3 is 3. The van der Waals surface area contributed by atoms with Gasteiger partial charge in [-0.05, 0) is 65.7 Å². The lowest BCUT2D eigenvalue weighted by molar-refractivity contribution is -0.142. The van der Waals surface area contributed by atoms with Crippen LogP contribution < -0.4 is 14.2 Å². The van der Waals surface area contributed by atoms with E-state index in [0.717, 1.165) is 17.0 Å². The van der Waals surface area contributed by atoms with Crippen molar-refractivity contribution in [1.82, 2.24) is 4.90 Å². The molecule has 0 unspecified atom stereocenters. The van der Waals surface area contributed by atoms with Crippen molar-refractivity contribution in [3.8, 4) is 17.2 Å². The van der Waals surface area contributed by atoms with Gasteiger partial charge in [-0.2, -0.15) is 0 Å². The summed E-state index contributed by atoms with van der Waals surface area (Å²) >= 11 is 1.33. The normalized spacial score (nSPS) is 15.8. The van der Waals surface area contributed by atoms with Crippen LogP contribution in [0.25, 0.3) is 6.08 Å². The molecule has 34 heavy (non-hydrogen) atoms. The fourth-order valence-electron chi connectivity index (χ4n) is 3.12. The molecule has 1 aliphatic heterocycles. The number of carbonyl (C=O) groups is 2. The zero-order chi connectivity index (χ0) is 24.7. The molecule has 0 aliphatic carbocycles. The molecule has 1 aliphatic rings. The molecule has 0 aromatic heterocycles. The molecule has 3 rings (SSSR count). The lowest BCUT2D eigenvalue weighted by atomic mass is 10.1. The summed E-state index contributed by atoms with van der Waals surface area (Å²) in [5.41, 5.74) is 1.49. The fourth-order valence-corrected chi connectivity index (χ4v) is 4.13. The first-order chi connectivity index (χ1) is 16.3. The van der Waals surface area contributed by atoms with E-state index >= 15 is 0 Å². The maximum absolute atomic E-state index is 13.2. The van der Waals surface area contributed by atoms with Crippen molar-refractivity contribution in [3.63, 3.8) is 0 Å². The van der Waals surface area contributed by atoms with Gasteiger partial charge in [0.15, 0.2) is 23.3 Å². The SMILES string of the molecule is COC(=O)COc1ccc(/C=C2\SC(=Nc3ccc(OC)cc3)N(CC(C)C)C2=O)cc1OC. The van der Waals surface area contributed by atoms with Gasteiger partial charge in [0, 0.05) is 6.54 Å². The fraction of sp³-hybridized carbons (Fsp3) is 0.320. The number of aliphatic imine (C=N–C) groups is 1. The largest absolute Gasteiger partial charge is 0.497 e. The summed E-state index contributed by atoms with van der Waals surface area (Å²) in [5, 5.41) is 0.625. The monoisotopic (exact) mass is 484 g/mol. The van der Waals surface area contributed by atoms with Gasteiger partial charge >= 0.3 is 5.97 Å². The highest BCUT2D eigenvalue weighted by Crippen LogP contribution is 2.36. The number of carbonyl (C=O) groups excluding carboxylic acids is 2. The Kier molecular flexibility index (Phi) is 8.59. The quantitative estimate of drug-likeness (QED) is 0.382. The number of hydrogen-bond acceptors (Lipinski definition) is 8. The molecular formula is C25H28N2O6S. The van der Waals surface area contributed by atoms with Crippen molar-refractivity contribution in [3.05, 3.63) is 52.9 Å². The van der Waals surface area contributed by atoms with E-state index in [1.165, 1.54) is 26.0 Å². The second kappa shape index (κ2) is 11.6. The molecule has 8 nitrogen and oxygen atoms in total. The first-order valence-corrected chi connectivity index (χ1v) is 11.5. The molecule has 0 saturated carbocycles. The van der Waals surface area contributed by atoms with E-state index in [0.29, 0.717) is 28.1 Å². The van der Waals surface area contributed by atoms with E-state index in [9.17, 15) is 9.59 Å². The molecular weight excluding hydrogens is 456 g/mol. The molecule has 0 radical (unpaired) electrons. The Bertz CT molecular complexity index is 1100. The van der Waals surface area contributed by atoms with Crippen LogP contribution in [0.2, 0.25) is 0 Å². The molecule has 0 bridgehead atoms. The molecule has 1 fully saturated rings. The van der Waals surface area contributed by atoms with Gasteiger partial charge < -0.3 is 18.9 Å². The van der Waals surface area contributed by atoms with Crippen LogP contribution in [0, 0.1) is 5.92 Å². The zero-order valence-electron chi connectivity index (χ0n) is 19.9. The van der Waals surface area contributed by atoms with Crippen LogP contribution in [-0.4, -0.2) is 56.4 Å². The van der Waals surface area contributed by atoms with Gasteiger partial charge in [0.2, 0.25) is 0 Å². The van der Waals surface area contributed by atoms with E-state index in [1.54, 1.807) is 36.3 Å². The second-order valence-electron chi connectivity index (χ2n) is 7.79. The second-order valence-corrected chi connectivity index (χ2v) is 8.80. The molecule has 2 aromatic carbocycles. The lowest BCUT2D eigenvalue weighted by Crippen LogP contribution is -2.32. The molecule has 0 spiro atoms. The Morgan fingerprint density at radius 1 is 1.06 bits per heavy atom. The Morgan fingerprint density at radius 2 is 1.79 bits per heavy atom. The van der Waals surface area contributed by atoms with E-state index in [4.69, 9.17) is 19.2 Å².